The molecule has 0 heterocycles. The van der Waals surface area contributed by atoms with Gasteiger partial charge in [0.25, 0.3) is 5.91 Å². The van der Waals surface area contributed by atoms with E-state index in [0.717, 1.165) is 24.9 Å². The summed E-state index contributed by atoms with van der Waals surface area (Å²) >= 11 is 0. The van der Waals surface area contributed by atoms with Gasteiger partial charge in [0, 0.05) is 12.1 Å². The number of rotatable bonds is 3. The third kappa shape index (κ3) is 2.96. The van der Waals surface area contributed by atoms with Crippen molar-refractivity contribution in [3.05, 3.63) is 48.0 Å². The van der Waals surface area contributed by atoms with Crippen LogP contribution in [0.1, 0.15) is 29.6 Å². The smallest absolute Gasteiger partial charge is 0.251 e. The third-order valence-corrected chi connectivity index (χ3v) is 2.96. The number of carbonyl (C=O) groups excluding carboxylic acids is 1. The Hall–Kier alpha value is -1.57. The van der Waals surface area contributed by atoms with Crippen LogP contribution in [0.2, 0.25) is 0 Å². The fourth-order valence-corrected chi connectivity index (χ4v) is 1.97. The summed E-state index contributed by atoms with van der Waals surface area (Å²) in [5.74, 6) is 0.646. The molecule has 0 bridgehead atoms. The fraction of sp³-hybridized carbons (Fsp3) is 0.357. The summed E-state index contributed by atoms with van der Waals surface area (Å²) < 4.78 is 0. The number of nitrogens with one attached hydrogen (secondary N) is 1. The van der Waals surface area contributed by atoms with Crippen LogP contribution in [-0.4, -0.2) is 12.5 Å². The second-order valence-electron chi connectivity index (χ2n) is 4.23. The largest absolute Gasteiger partial charge is 0.352 e. The van der Waals surface area contributed by atoms with Crippen LogP contribution in [0.5, 0.6) is 0 Å². The first kappa shape index (κ1) is 10.9. The van der Waals surface area contributed by atoms with Crippen LogP contribution >= 0.6 is 0 Å². The summed E-state index contributed by atoms with van der Waals surface area (Å²) in [5.41, 5.74) is 0.744. The van der Waals surface area contributed by atoms with Crippen LogP contribution in [0.25, 0.3) is 0 Å². The zero-order valence-corrected chi connectivity index (χ0v) is 9.36. The quantitative estimate of drug-likeness (QED) is 0.772. The van der Waals surface area contributed by atoms with E-state index in [9.17, 15) is 4.79 Å². The van der Waals surface area contributed by atoms with Crippen LogP contribution in [0.4, 0.5) is 0 Å². The highest BCUT2D eigenvalue weighted by molar-refractivity contribution is 5.94. The summed E-state index contributed by atoms with van der Waals surface area (Å²) in [6.45, 7) is 0.790. The van der Waals surface area contributed by atoms with Gasteiger partial charge in [0.2, 0.25) is 0 Å². The molecule has 2 rings (SSSR count). The predicted molar refractivity (Wildman–Crippen MR) is 65.3 cm³/mol. The van der Waals surface area contributed by atoms with E-state index in [4.69, 9.17) is 0 Å². The van der Waals surface area contributed by atoms with Gasteiger partial charge < -0.3 is 5.32 Å². The Morgan fingerprint density at radius 3 is 2.75 bits per heavy atom. The van der Waals surface area contributed by atoms with Gasteiger partial charge in [-0.25, -0.2) is 0 Å². The van der Waals surface area contributed by atoms with Gasteiger partial charge in [0.1, 0.15) is 0 Å². The number of carbonyl (C=O) groups is 1. The predicted octanol–water partition coefficient (Wildman–Crippen LogP) is 2.77. The molecule has 1 amide bonds. The van der Waals surface area contributed by atoms with E-state index in [1.165, 1.54) is 6.42 Å². The highest BCUT2D eigenvalue weighted by Crippen LogP contribution is 2.16. The van der Waals surface area contributed by atoms with E-state index in [1.807, 2.05) is 30.3 Å². The van der Waals surface area contributed by atoms with Crippen LogP contribution in [0.15, 0.2) is 42.5 Å². The average molecular weight is 215 g/mol. The molecule has 1 unspecified atom stereocenters. The SMILES string of the molecule is O=C(NCC1CC=CCC1)c1ccccc1. The molecule has 1 aromatic carbocycles. The molecule has 0 saturated carbocycles. The lowest BCUT2D eigenvalue weighted by Gasteiger charge is -2.18. The highest BCUT2D eigenvalue weighted by atomic mass is 16.1. The molecule has 16 heavy (non-hydrogen) atoms. The van der Waals surface area contributed by atoms with Crippen LogP contribution in [0.3, 0.4) is 0 Å². The minimum atomic E-state index is 0.0372. The third-order valence-electron chi connectivity index (χ3n) is 2.96. The van der Waals surface area contributed by atoms with Crippen molar-refractivity contribution in [1.82, 2.24) is 5.32 Å². The highest BCUT2D eigenvalue weighted by Gasteiger charge is 2.11. The maximum atomic E-state index is 11.8. The van der Waals surface area contributed by atoms with Crippen molar-refractivity contribution >= 4 is 5.91 Å². The summed E-state index contributed by atoms with van der Waals surface area (Å²) in [6.07, 6.45) is 7.85. The zero-order valence-electron chi connectivity index (χ0n) is 9.36. The first-order valence-corrected chi connectivity index (χ1v) is 5.84. The van der Waals surface area contributed by atoms with Crippen molar-refractivity contribution in [1.29, 1.82) is 0 Å². The average Bonchev–Trinajstić information content (AvgIpc) is 2.38. The molecule has 1 atom stereocenters. The maximum absolute atomic E-state index is 11.8. The number of benzene rings is 1. The summed E-state index contributed by atoms with van der Waals surface area (Å²) in [5, 5.41) is 3.00. The molecule has 0 spiro atoms. The molecule has 1 aliphatic carbocycles. The lowest BCUT2D eigenvalue weighted by molar-refractivity contribution is 0.0946. The number of hydrogen-bond acceptors (Lipinski definition) is 1. The van der Waals surface area contributed by atoms with Crippen LogP contribution in [-0.2, 0) is 0 Å². The van der Waals surface area contributed by atoms with Crippen LogP contribution < -0.4 is 5.32 Å². The van der Waals surface area contributed by atoms with Gasteiger partial charge in [-0.15, -0.1) is 0 Å². The molecule has 84 valence electrons. The minimum absolute atomic E-state index is 0.0372. The van der Waals surface area contributed by atoms with Gasteiger partial charge in [-0.2, -0.15) is 0 Å². The van der Waals surface area contributed by atoms with E-state index in [2.05, 4.69) is 17.5 Å². The standard InChI is InChI=1S/C14H17NO/c16-14(13-9-5-2-6-10-13)15-11-12-7-3-1-4-8-12/h1-3,5-6,9-10,12H,4,7-8,11H2,(H,15,16). The first-order chi connectivity index (χ1) is 7.86. The van der Waals surface area contributed by atoms with E-state index in [1.54, 1.807) is 0 Å². The van der Waals surface area contributed by atoms with Gasteiger partial charge >= 0.3 is 0 Å². The molecule has 0 aliphatic heterocycles. The monoisotopic (exact) mass is 215 g/mol. The Morgan fingerprint density at radius 2 is 2.06 bits per heavy atom. The summed E-state index contributed by atoms with van der Waals surface area (Å²) in [7, 11) is 0. The minimum Gasteiger partial charge on any atom is -0.352 e. The van der Waals surface area contributed by atoms with Gasteiger partial charge in [0.15, 0.2) is 0 Å². The molecule has 0 saturated heterocycles. The Balaban J connectivity index is 1.82. The van der Waals surface area contributed by atoms with Crippen molar-refractivity contribution in [3.8, 4) is 0 Å². The van der Waals surface area contributed by atoms with Crippen molar-refractivity contribution in [2.45, 2.75) is 19.3 Å². The normalized spacial score (nSPS) is 19.4. The Kier molecular flexibility index (Phi) is 3.76. The lowest BCUT2D eigenvalue weighted by atomic mass is 9.94. The zero-order chi connectivity index (χ0) is 11.2. The molecule has 1 aromatic rings. The van der Waals surface area contributed by atoms with Crippen molar-refractivity contribution < 1.29 is 4.79 Å². The number of amides is 1. The number of hydrogen-bond donors (Lipinski definition) is 1. The molecular formula is C14H17NO. The van der Waals surface area contributed by atoms with Crippen molar-refractivity contribution in [3.63, 3.8) is 0 Å². The lowest BCUT2D eigenvalue weighted by Crippen LogP contribution is -2.29. The molecule has 0 radical (unpaired) electrons. The molecule has 0 aromatic heterocycles. The Bertz CT molecular complexity index is 370. The topological polar surface area (TPSA) is 29.1 Å². The second kappa shape index (κ2) is 5.50. The Labute approximate surface area is 96.4 Å². The molecule has 0 fully saturated rings. The van der Waals surface area contributed by atoms with E-state index < -0.39 is 0 Å². The molecular weight excluding hydrogens is 198 g/mol. The Morgan fingerprint density at radius 1 is 1.25 bits per heavy atom. The van der Waals surface area contributed by atoms with E-state index in [-0.39, 0.29) is 5.91 Å². The molecule has 1 aliphatic rings. The van der Waals surface area contributed by atoms with Crippen molar-refractivity contribution in [2.24, 2.45) is 5.92 Å². The van der Waals surface area contributed by atoms with E-state index in [0.29, 0.717) is 5.92 Å². The maximum Gasteiger partial charge on any atom is 0.251 e. The first-order valence-electron chi connectivity index (χ1n) is 5.84. The second-order valence-corrected chi connectivity index (χ2v) is 4.23. The van der Waals surface area contributed by atoms with Gasteiger partial charge in [-0.1, -0.05) is 30.4 Å². The van der Waals surface area contributed by atoms with Gasteiger partial charge in [-0.05, 0) is 37.3 Å². The van der Waals surface area contributed by atoms with E-state index >= 15 is 0 Å². The number of allylic oxidation sites excluding steroid dienone is 2. The molecule has 2 heteroatoms. The van der Waals surface area contributed by atoms with Gasteiger partial charge in [0.05, 0.1) is 0 Å². The summed E-state index contributed by atoms with van der Waals surface area (Å²) in [6, 6.07) is 9.38. The molecule has 2 nitrogen and oxygen atoms in total. The van der Waals surface area contributed by atoms with Crippen molar-refractivity contribution in [2.75, 3.05) is 6.54 Å². The molecule has 1 N–H and O–H groups in total. The van der Waals surface area contributed by atoms with Crippen LogP contribution in [0, 0.1) is 5.92 Å². The summed E-state index contributed by atoms with van der Waals surface area (Å²) in [4.78, 5) is 11.8. The fourth-order valence-electron chi connectivity index (χ4n) is 1.97. The van der Waals surface area contributed by atoms with Gasteiger partial charge in [-0.3, -0.25) is 4.79 Å².